The van der Waals surface area contributed by atoms with Gasteiger partial charge in [0.05, 0.1) is 6.54 Å². The summed E-state index contributed by atoms with van der Waals surface area (Å²) in [6, 6.07) is 4.27. The van der Waals surface area contributed by atoms with Crippen LogP contribution in [-0.2, 0) is 16.1 Å². The van der Waals surface area contributed by atoms with E-state index >= 15 is 0 Å². The topological polar surface area (TPSA) is 87.9 Å². The van der Waals surface area contributed by atoms with E-state index < -0.39 is 23.5 Å². The Bertz CT molecular complexity index is 960. The highest BCUT2D eigenvalue weighted by Gasteiger charge is 2.43. The van der Waals surface area contributed by atoms with E-state index in [1.807, 2.05) is 26.8 Å². The number of benzene rings is 1. The molecule has 1 saturated heterocycles. The molecule has 4 amide bonds. The molecule has 1 aliphatic heterocycles. The standard InChI is InChI=1S/C18H18N2O5/c1-4-7-19-16(22)17(23)20(18(19)24)9-12-8-14(21)25-15-11(3)10(2)5-6-13(12)15/h5-6,8H,4,7,9H2,1-3H3. The zero-order valence-corrected chi connectivity index (χ0v) is 14.3. The van der Waals surface area contributed by atoms with Gasteiger partial charge >= 0.3 is 23.5 Å². The van der Waals surface area contributed by atoms with E-state index in [-0.39, 0.29) is 13.1 Å². The molecule has 0 radical (unpaired) electrons. The fraction of sp³-hybridized carbons (Fsp3) is 0.333. The third kappa shape index (κ3) is 2.71. The summed E-state index contributed by atoms with van der Waals surface area (Å²) in [5.74, 6) is -1.70. The van der Waals surface area contributed by atoms with Crippen LogP contribution in [0.4, 0.5) is 4.79 Å². The number of carbonyl (C=O) groups excluding carboxylic acids is 3. The first-order chi connectivity index (χ1) is 11.8. The van der Waals surface area contributed by atoms with Crippen LogP contribution in [0.25, 0.3) is 11.0 Å². The second-order valence-electron chi connectivity index (χ2n) is 6.11. The molecule has 0 spiro atoms. The Morgan fingerprint density at radius 1 is 1.00 bits per heavy atom. The van der Waals surface area contributed by atoms with Crippen molar-refractivity contribution in [3.63, 3.8) is 0 Å². The average Bonchev–Trinajstić information content (AvgIpc) is 2.77. The Kier molecular flexibility index (Phi) is 4.16. The summed E-state index contributed by atoms with van der Waals surface area (Å²) in [6.07, 6.45) is 0.564. The van der Waals surface area contributed by atoms with Crippen LogP contribution < -0.4 is 5.63 Å². The molecule has 2 aromatic rings. The first-order valence-electron chi connectivity index (χ1n) is 8.05. The van der Waals surface area contributed by atoms with Crippen LogP contribution in [0.1, 0.15) is 30.0 Å². The highest BCUT2D eigenvalue weighted by molar-refractivity contribution is 6.44. The lowest BCUT2D eigenvalue weighted by Crippen LogP contribution is -2.33. The number of carbonyl (C=O) groups is 3. The van der Waals surface area contributed by atoms with Crippen molar-refractivity contribution in [2.24, 2.45) is 0 Å². The third-order valence-electron chi connectivity index (χ3n) is 4.43. The zero-order valence-electron chi connectivity index (χ0n) is 14.3. The second kappa shape index (κ2) is 6.16. The van der Waals surface area contributed by atoms with Crippen molar-refractivity contribution in [2.75, 3.05) is 6.54 Å². The minimum atomic E-state index is -0.872. The lowest BCUT2D eigenvalue weighted by molar-refractivity contribution is -0.143. The molecule has 0 N–H and O–H groups in total. The van der Waals surface area contributed by atoms with Crippen LogP contribution in [0.5, 0.6) is 0 Å². The number of amides is 4. The van der Waals surface area contributed by atoms with Gasteiger partial charge in [-0.2, -0.15) is 0 Å². The molecular weight excluding hydrogens is 324 g/mol. The van der Waals surface area contributed by atoms with Crippen LogP contribution in [0, 0.1) is 13.8 Å². The Morgan fingerprint density at radius 3 is 2.36 bits per heavy atom. The van der Waals surface area contributed by atoms with Crippen molar-refractivity contribution in [3.05, 3.63) is 45.3 Å². The van der Waals surface area contributed by atoms with Gasteiger partial charge in [0, 0.05) is 18.0 Å². The van der Waals surface area contributed by atoms with Crippen molar-refractivity contribution in [1.82, 2.24) is 9.80 Å². The largest absolute Gasteiger partial charge is 0.422 e. The van der Waals surface area contributed by atoms with Gasteiger partial charge in [-0.05, 0) is 37.0 Å². The molecule has 0 unspecified atom stereocenters. The first kappa shape index (κ1) is 16.9. The van der Waals surface area contributed by atoms with Gasteiger partial charge in [-0.3, -0.25) is 19.4 Å². The minimum absolute atomic E-state index is 0.145. The van der Waals surface area contributed by atoms with Crippen molar-refractivity contribution in [1.29, 1.82) is 0 Å². The number of hydrogen-bond acceptors (Lipinski definition) is 5. The van der Waals surface area contributed by atoms with E-state index in [9.17, 15) is 19.2 Å². The molecule has 7 heteroatoms. The summed E-state index contributed by atoms with van der Waals surface area (Å²) in [6.45, 7) is 5.60. The molecule has 1 fully saturated rings. The summed E-state index contributed by atoms with van der Waals surface area (Å²) in [5, 5.41) is 0.643. The first-order valence-corrected chi connectivity index (χ1v) is 8.05. The number of urea groups is 1. The molecule has 130 valence electrons. The van der Waals surface area contributed by atoms with Gasteiger partial charge in [0.1, 0.15) is 5.58 Å². The van der Waals surface area contributed by atoms with Gasteiger partial charge in [0.15, 0.2) is 0 Å². The van der Waals surface area contributed by atoms with E-state index in [0.717, 1.165) is 20.9 Å². The molecule has 0 saturated carbocycles. The van der Waals surface area contributed by atoms with Gasteiger partial charge < -0.3 is 4.42 Å². The molecule has 2 heterocycles. The number of rotatable bonds is 4. The van der Waals surface area contributed by atoms with Crippen molar-refractivity contribution in [2.45, 2.75) is 33.7 Å². The third-order valence-corrected chi connectivity index (χ3v) is 4.43. The number of nitrogens with zero attached hydrogens (tertiary/aromatic N) is 2. The average molecular weight is 342 g/mol. The van der Waals surface area contributed by atoms with Crippen molar-refractivity contribution >= 4 is 28.8 Å². The highest BCUT2D eigenvalue weighted by atomic mass is 16.4. The lowest BCUT2D eigenvalue weighted by Gasteiger charge is -2.16. The van der Waals surface area contributed by atoms with Crippen LogP contribution in [0.15, 0.2) is 27.4 Å². The molecular formula is C18H18N2O5. The molecule has 1 aromatic heterocycles. The van der Waals surface area contributed by atoms with Gasteiger partial charge in [-0.25, -0.2) is 9.59 Å². The maximum Gasteiger partial charge on any atom is 0.336 e. The number of imide groups is 2. The molecule has 3 rings (SSSR count). The van der Waals surface area contributed by atoms with Crippen molar-refractivity contribution < 1.29 is 18.8 Å². The van der Waals surface area contributed by atoms with Gasteiger partial charge in [0.2, 0.25) is 0 Å². The van der Waals surface area contributed by atoms with Crippen LogP contribution in [0.3, 0.4) is 0 Å². The van der Waals surface area contributed by atoms with E-state index in [4.69, 9.17) is 4.42 Å². The van der Waals surface area contributed by atoms with E-state index in [1.165, 1.54) is 6.07 Å². The Labute approximate surface area is 143 Å². The maximum absolute atomic E-state index is 12.4. The van der Waals surface area contributed by atoms with Crippen LogP contribution in [-0.4, -0.2) is 34.2 Å². The van der Waals surface area contributed by atoms with Gasteiger partial charge in [0.25, 0.3) is 0 Å². The monoisotopic (exact) mass is 342 g/mol. The number of hydrogen-bond donors (Lipinski definition) is 0. The lowest BCUT2D eigenvalue weighted by atomic mass is 10.0. The molecule has 7 nitrogen and oxygen atoms in total. The Hall–Kier alpha value is -2.96. The molecule has 0 aliphatic carbocycles. The van der Waals surface area contributed by atoms with Gasteiger partial charge in [-0.15, -0.1) is 0 Å². The smallest absolute Gasteiger partial charge is 0.336 e. The summed E-state index contributed by atoms with van der Waals surface area (Å²) < 4.78 is 5.29. The second-order valence-corrected chi connectivity index (χ2v) is 6.11. The predicted molar refractivity (Wildman–Crippen MR) is 89.9 cm³/mol. The number of fused-ring (bicyclic) bond motifs is 1. The molecule has 1 aromatic carbocycles. The Morgan fingerprint density at radius 2 is 1.68 bits per heavy atom. The predicted octanol–water partition coefficient (Wildman–Crippen LogP) is 2.11. The Balaban J connectivity index is 2.05. The maximum atomic E-state index is 12.4. The van der Waals surface area contributed by atoms with Crippen LogP contribution in [0.2, 0.25) is 0 Å². The fourth-order valence-corrected chi connectivity index (χ4v) is 2.94. The van der Waals surface area contributed by atoms with Crippen LogP contribution >= 0.6 is 0 Å². The highest BCUT2D eigenvalue weighted by Crippen LogP contribution is 2.25. The molecule has 0 atom stereocenters. The summed E-state index contributed by atoms with van der Waals surface area (Å²) in [7, 11) is 0. The quantitative estimate of drug-likeness (QED) is 0.482. The van der Waals surface area contributed by atoms with E-state index in [0.29, 0.717) is 23.0 Å². The zero-order chi connectivity index (χ0) is 18.3. The molecule has 0 bridgehead atoms. The minimum Gasteiger partial charge on any atom is -0.422 e. The summed E-state index contributed by atoms with van der Waals surface area (Å²) in [5.41, 5.74) is 2.12. The fourth-order valence-electron chi connectivity index (χ4n) is 2.94. The number of aryl methyl sites for hydroxylation is 2. The molecule has 25 heavy (non-hydrogen) atoms. The normalized spacial score (nSPS) is 14.9. The molecule has 1 aliphatic rings. The summed E-state index contributed by atoms with van der Waals surface area (Å²) in [4.78, 5) is 50.2. The van der Waals surface area contributed by atoms with E-state index in [1.54, 1.807) is 6.07 Å². The van der Waals surface area contributed by atoms with Gasteiger partial charge in [-0.1, -0.05) is 19.1 Å². The summed E-state index contributed by atoms with van der Waals surface area (Å²) >= 11 is 0. The van der Waals surface area contributed by atoms with E-state index in [2.05, 4.69) is 0 Å². The SMILES string of the molecule is CCCN1C(=O)C(=O)N(Cc2cc(=O)oc3c(C)c(C)ccc23)C1=O. The van der Waals surface area contributed by atoms with Crippen molar-refractivity contribution in [3.8, 4) is 0 Å².